The monoisotopic (exact) mass is 366 g/mol. The molecule has 0 unspecified atom stereocenters. The summed E-state index contributed by atoms with van der Waals surface area (Å²) in [5.74, 6) is 2.10. The maximum absolute atomic E-state index is 12.5. The lowest BCUT2D eigenvalue weighted by atomic mass is 10.0. The van der Waals surface area contributed by atoms with E-state index in [4.69, 9.17) is 14.2 Å². The van der Waals surface area contributed by atoms with Crippen LogP contribution in [0.5, 0.6) is 17.2 Å². The molecule has 0 aromatic heterocycles. The molecule has 0 radical (unpaired) electrons. The van der Waals surface area contributed by atoms with Gasteiger partial charge in [0.15, 0.2) is 5.78 Å². The third-order valence-corrected chi connectivity index (χ3v) is 3.95. The molecular formula is C23H26O4. The Labute approximate surface area is 161 Å². The molecule has 2 aromatic carbocycles. The summed E-state index contributed by atoms with van der Waals surface area (Å²) < 4.78 is 16.6. The van der Waals surface area contributed by atoms with Gasteiger partial charge in [-0.05, 0) is 68.3 Å². The van der Waals surface area contributed by atoms with Gasteiger partial charge in [0.25, 0.3) is 0 Å². The molecule has 0 aliphatic rings. The van der Waals surface area contributed by atoms with Crippen LogP contribution in [-0.4, -0.2) is 26.1 Å². The predicted molar refractivity (Wildman–Crippen MR) is 109 cm³/mol. The smallest absolute Gasteiger partial charge is 0.185 e. The van der Waals surface area contributed by atoms with Gasteiger partial charge < -0.3 is 14.2 Å². The van der Waals surface area contributed by atoms with Crippen molar-refractivity contribution in [3.05, 3.63) is 71.8 Å². The molecule has 0 fully saturated rings. The van der Waals surface area contributed by atoms with E-state index in [2.05, 4.69) is 6.58 Å². The van der Waals surface area contributed by atoms with Crippen molar-refractivity contribution in [2.45, 2.75) is 20.3 Å². The van der Waals surface area contributed by atoms with Crippen molar-refractivity contribution in [2.75, 3.05) is 20.3 Å². The molecule has 0 atom stereocenters. The van der Waals surface area contributed by atoms with Crippen LogP contribution in [0.2, 0.25) is 0 Å². The zero-order valence-electron chi connectivity index (χ0n) is 16.2. The summed E-state index contributed by atoms with van der Waals surface area (Å²) in [6.45, 7) is 8.77. The van der Waals surface area contributed by atoms with Gasteiger partial charge in [0.2, 0.25) is 0 Å². The second-order valence-electron chi connectivity index (χ2n) is 5.78. The maximum Gasteiger partial charge on any atom is 0.185 e. The molecule has 0 spiro atoms. The minimum atomic E-state index is -0.0840. The number of carbonyl (C=O) groups is 1. The molecule has 0 aliphatic carbocycles. The van der Waals surface area contributed by atoms with E-state index in [1.54, 1.807) is 43.5 Å². The van der Waals surface area contributed by atoms with Crippen LogP contribution in [-0.2, 0) is 6.42 Å². The third kappa shape index (κ3) is 5.48. The third-order valence-electron chi connectivity index (χ3n) is 3.95. The van der Waals surface area contributed by atoms with Gasteiger partial charge in [0.05, 0.1) is 20.3 Å². The van der Waals surface area contributed by atoms with Gasteiger partial charge in [0.1, 0.15) is 17.2 Å². The summed E-state index contributed by atoms with van der Waals surface area (Å²) in [5.41, 5.74) is 2.44. The normalized spacial score (nSPS) is 10.6. The molecule has 2 aromatic rings. The van der Waals surface area contributed by atoms with Gasteiger partial charge in [-0.1, -0.05) is 6.08 Å². The molecule has 0 aliphatic heterocycles. The lowest BCUT2D eigenvalue weighted by Crippen LogP contribution is -2.01. The zero-order valence-corrected chi connectivity index (χ0v) is 16.2. The Bertz CT molecular complexity index is 804. The van der Waals surface area contributed by atoms with Crippen LogP contribution < -0.4 is 14.2 Å². The molecule has 2 rings (SSSR count). The quantitative estimate of drug-likeness (QED) is 0.333. The van der Waals surface area contributed by atoms with E-state index >= 15 is 0 Å². The Morgan fingerprint density at radius 2 is 1.70 bits per heavy atom. The molecular weight excluding hydrogens is 340 g/mol. The number of carbonyl (C=O) groups excluding carboxylic acids is 1. The van der Waals surface area contributed by atoms with Gasteiger partial charge in [-0.2, -0.15) is 0 Å². The Balaban J connectivity index is 2.33. The van der Waals surface area contributed by atoms with Crippen molar-refractivity contribution < 1.29 is 19.0 Å². The summed E-state index contributed by atoms with van der Waals surface area (Å²) in [7, 11) is 1.60. The van der Waals surface area contributed by atoms with Crippen LogP contribution in [0.4, 0.5) is 0 Å². The first-order chi connectivity index (χ1) is 13.1. The minimum absolute atomic E-state index is 0.0840. The van der Waals surface area contributed by atoms with Gasteiger partial charge in [-0.3, -0.25) is 4.79 Å². The fourth-order valence-electron chi connectivity index (χ4n) is 2.66. The fraction of sp³-hybridized carbons (Fsp3) is 0.261. The second kappa shape index (κ2) is 10.2. The lowest BCUT2D eigenvalue weighted by molar-refractivity contribution is 0.104. The van der Waals surface area contributed by atoms with E-state index < -0.39 is 0 Å². The largest absolute Gasteiger partial charge is 0.497 e. The summed E-state index contributed by atoms with van der Waals surface area (Å²) in [4.78, 5) is 12.5. The first-order valence-corrected chi connectivity index (χ1v) is 9.02. The van der Waals surface area contributed by atoms with Crippen LogP contribution >= 0.6 is 0 Å². The maximum atomic E-state index is 12.5. The second-order valence-corrected chi connectivity index (χ2v) is 5.78. The average Bonchev–Trinajstić information content (AvgIpc) is 2.69. The fourth-order valence-corrected chi connectivity index (χ4v) is 2.66. The van der Waals surface area contributed by atoms with Crippen molar-refractivity contribution >= 4 is 11.9 Å². The van der Waals surface area contributed by atoms with Gasteiger partial charge in [0, 0.05) is 17.2 Å². The molecule has 0 N–H and O–H groups in total. The van der Waals surface area contributed by atoms with Crippen LogP contribution in [0.1, 0.15) is 35.3 Å². The summed E-state index contributed by atoms with van der Waals surface area (Å²) in [5, 5.41) is 0. The Hall–Kier alpha value is -3.01. The van der Waals surface area contributed by atoms with Crippen LogP contribution in [0.25, 0.3) is 6.08 Å². The highest BCUT2D eigenvalue weighted by Gasteiger charge is 2.11. The first-order valence-electron chi connectivity index (χ1n) is 9.02. The number of ketones is 1. The molecule has 0 amide bonds. The van der Waals surface area contributed by atoms with Crippen molar-refractivity contribution in [1.82, 2.24) is 0 Å². The SMILES string of the molecule is C=CCc1cc(C=CC(=O)c2ccc(OC)cc2)c(OCC)cc1OCC. The van der Waals surface area contributed by atoms with Crippen molar-refractivity contribution in [3.63, 3.8) is 0 Å². The van der Waals surface area contributed by atoms with Gasteiger partial charge in [-0.15, -0.1) is 6.58 Å². The number of methoxy groups -OCH3 is 1. The molecule has 4 heteroatoms. The molecule has 142 valence electrons. The molecule has 0 saturated heterocycles. The first kappa shape index (κ1) is 20.3. The highest BCUT2D eigenvalue weighted by molar-refractivity contribution is 6.07. The zero-order chi connectivity index (χ0) is 19.6. The summed E-state index contributed by atoms with van der Waals surface area (Å²) in [6.07, 6.45) is 5.83. The van der Waals surface area contributed by atoms with Crippen molar-refractivity contribution in [2.24, 2.45) is 0 Å². The highest BCUT2D eigenvalue weighted by Crippen LogP contribution is 2.31. The van der Waals surface area contributed by atoms with Gasteiger partial charge in [-0.25, -0.2) is 0 Å². The molecule has 4 nitrogen and oxygen atoms in total. The van der Waals surface area contributed by atoms with Crippen LogP contribution in [0.3, 0.4) is 0 Å². The van der Waals surface area contributed by atoms with Crippen LogP contribution in [0, 0.1) is 0 Å². The number of hydrogen-bond acceptors (Lipinski definition) is 4. The van der Waals surface area contributed by atoms with Gasteiger partial charge >= 0.3 is 0 Å². The Morgan fingerprint density at radius 3 is 2.30 bits per heavy atom. The number of hydrogen-bond donors (Lipinski definition) is 0. The standard InChI is InChI=1S/C23H26O4/c1-5-8-18-15-19(23(27-7-3)16-22(18)26-6-2)11-14-21(24)17-9-12-20(25-4)13-10-17/h5,9-16H,1,6-8H2,2-4H3. The van der Waals surface area contributed by atoms with Crippen LogP contribution in [0.15, 0.2) is 55.1 Å². The van der Waals surface area contributed by atoms with Crippen molar-refractivity contribution in [1.29, 1.82) is 0 Å². The van der Waals surface area contributed by atoms with E-state index in [1.807, 2.05) is 32.1 Å². The van der Waals surface area contributed by atoms with E-state index in [0.717, 1.165) is 22.6 Å². The topological polar surface area (TPSA) is 44.8 Å². The van der Waals surface area contributed by atoms with E-state index in [1.165, 1.54) is 0 Å². The predicted octanol–water partition coefficient (Wildman–Crippen LogP) is 5.12. The molecule has 0 bridgehead atoms. The van der Waals surface area contributed by atoms with E-state index in [9.17, 15) is 4.79 Å². The molecule has 27 heavy (non-hydrogen) atoms. The highest BCUT2D eigenvalue weighted by atomic mass is 16.5. The lowest BCUT2D eigenvalue weighted by Gasteiger charge is -2.14. The number of benzene rings is 2. The summed E-state index contributed by atoms with van der Waals surface area (Å²) >= 11 is 0. The average molecular weight is 366 g/mol. The number of ether oxygens (including phenoxy) is 3. The van der Waals surface area contributed by atoms with E-state index in [-0.39, 0.29) is 5.78 Å². The molecule has 0 heterocycles. The number of allylic oxidation sites excluding steroid dienone is 2. The Kier molecular flexibility index (Phi) is 7.68. The minimum Gasteiger partial charge on any atom is -0.497 e. The Morgan fingerprint density at radius 1 is 1.04 bits per heavy atom. The summed E-state index contributed by atoms with van der Waals surface area (Å²) in [6, 6.07) is 10.9. The molecule has 0 saturated carbocycles. The van der Waals surface area contributed by atoms with Crippen molar-refractivity contribution in [3.8, 4) is 17.2 Å². The number of rotatable bonds is 10. The van der Waals surface area contributed by atoms with E-state index in [0.29, 0.717) is 30.9 Å².